The van der Waals surface area contributed by atoms with Gasteiger partial charge in [-0.15, -0.1) is 11.8 Å². The molecule has 1 aliphatic carbocycles. The van der Waals surface area contributed by atoms with Crippen LogP contribution in [0.2, 0.25) is 0 Å². The minimum Gasteiger partial charge on any atom is -0.480 e. The second-order valence-electron chi connectivity index (χ2n) is 7.27. The average molecular weight is 341 g/mol. The maximum Gasteiger partial charge on any atom is 0.327 e. The van der Waals surface area contributed by atoms with Crippen molar-refractivity contribution in [1.82, 2.24) is 10.2 Å². The number of carbonyl (C=O) groups excluding carboxylic acids is 2. The summed E-state index contributed by atoms with van der Waals surface area (Å²) in [5.74, 6) is -1.62. The van der Waals surface area contributed by atoms with Crippen molar-refractivity contribution in [3.8, 4) is 0 Å². The maximum absolute atomic E-state index is 12.5. The molecule has 0 radical (unpaired) electrons. The van der Waals surface area contributed by atoms with Crippen LogP contribution in [0.4, 0.5) is 0 Å². The van der Waals surface area contributed by atoms with Crippen LogP contribution in [0.1, 0.15) is 46.0 Å². The molecule has 2 aliphatic heterocycles. The topological polar surface area (TPSA) is 113 Å². The zero-order valence-electron chi connectivity index (χ0n) is 13.4. The zero-order valence-corrected chi connectivity index (χ0v) is 14.2. The van der Waals surface area contributed by atoms with E-state index in [1.165, 1.54) is 16.7 Å². The first-order valence-electron chi connectivity index (χ1n) is 8.00. The number of nitrogens with two attached hydrogens (primary N) is 1. The van der Waals surface area contributed by atoms with Crippen molar-refractivity contribution in [2.24, 2.45) is 5.73 Å². The first kappa shape index (κ1) is 16.6. The molecule has 0 unspecified atom stereocenters. The number of rotatable bonds is 3. The summed E-state index contributed by atoms with van der Waals surface area (Å²) in [5.41, 5.74) is 5.30. The molecule has 8 heteroatoms. The van der Waals surface area contributed by atoms with Crippen LogP contribution in [0, 0.1) is 0 Å². The molecule has 2 heterocycles. The Bertz CT molecular complexity index is 559. The average Bonchev–Trinajstić information content (AvgIpc) is 2.73. The molecule has 3 fully saturated rings. The number of amides is 2. The highest BCUT2D eigenvalue weighted by Gasteiger charge is 2.64. The van der Waals surface area contributed by atoms with Gasteiger partial charge in [-0.25, -0.2) is 4.79 Å². The third-order valence-electron chi connectivity index (χ3n) is 5.16. The maximum atomic E-state index is 12.5. The van der Waals surface area contributed by atoms with Crippen molar-refractivity contribution in [1.29, 1.82) is 0 Å². The molecule has 0 aromatic carbocycles. The number of hydrogen-bond donors (Lipinski definition) is 3. The van der Waals surface area contributed by atoms with Crippen LogP contribution in [0.15, 0.2) is 0 Å². The van der Waals surface area contributed by atoms with Gasteiger partial charge in [0.15, 0.2) is 0 Å². The molecular formula is C15H23N3O4S. The lowest BCUT2D eigenvalue weighted by Crippen LogP contribution is -2.72. The van der Waals surface area contributed by atoms with Gasteiger partial charge in [0.05, 0.1) is 5.54 Å². The second-order valence-corrected chi connectivity index (χ2v) is 9.04. The van der Waals surface area contributed by atoms with Gasteiger partial charge in [0.25, 0.3) is 0 Å². The minimum absolute atomic E-state index is 0.285. The largest absolute Gasteiger partial charge is 0.480 e. The lowest BCUT2D eigenvalue weighted by Gasteiger charge is -2.45. The summed E-state index contributed by atoms with van der Waals surface area (Å²) in [6, 6.07) is -1.53. The van der Waals surface area contributed by atoms with Crippen molar-refractivity contribution in [2.45, 2.75) is 73.7 Å². The predicted molar refractivity (Wildman–Crippen MR) is 85.7 cm³/mol. The van der Waals surface area contributed by atoms with E-state index in [1.54, 1.807) is 0 Å². The van der Waals surface area contributed by atoms with Gasteiger partial charge in [0, 0.05) is 4.75 Å². The van der Waals surface area contributed by atoms with Crippen molar-refractivity contribution in [3.63, 3.8) is 0 Å². The van der Waals surface area contributed by atoms with E-state index in [1.807, 2.05) is 13.8 Å². The molecule has 4 N–H and O–H groups in total. The van der Waals surface area contributed by atoms with E-state index in [0.717, 1.165) is 19.3 Å². The van der Waals surface area contributed by atoms with Gasteiger partial charge in [0.1, 0.15) is 17.5 Å². The van der Waals surface area contributed by atoms with Crippen LogP contribution in [0.5, 0.6) is 0 Å². The van der Waals surface area contributed by atoms with Crippen molar-refractivity contribution in [3.05, 3.63) is 0 Å². The number of fused-ring (bicyclic) bond motifs is 1. The van der Waals surface area contributed by atoms with Crippen LogP contribution < -0.4 is 11.1 Å². The number of nitrogens with zero attached hydrogens (tertiary/aromatic N) is 1. The number of hydrogen-bond acceptors (Lipinski definition) is 5. The highest BCUT2D eigenvalue weighted by Crippen LogP contribution is 2.50. The van der Waals surface area contributed by atoms with Gasteiger partial charge in [0.2, 0.25) is 11.8 Å². The number of β-lactam (4-membered cyclic amide) rings is 1. The molecule has 23 heavy (non-hydrogen) atoms. The quantitative estimate of drug-likeness (QED) is 0.636. The summed E-state index contributed by atoms with van der Waals surface area (Å²) in [6.07, 6.45) is 4.17. The van der Waals surface area contributed by atoms with E-state index in [2.05, 4.69) is 5.32 Å². The van der Waals surface area contributed by atoms with Crippen molar-refractivity contribution in [2.75, 3.05) is 0 Å². The van der Waals surface area contributed by atoms with Crippen LogP contribution >= 0.6 is 11.8 Å². The number of carbonyl (C=O) groups is 3. The fourth-order valence-electron chi connectivity index (χ4n) is 3.84. The van der Waals surface area contributed by atoms with Crippen LogP contribution in [0.3, 0.4) is 0 Å². The van der Waals surface area contributed by atoms with E-state index in [4.69, 9.17) is 5.73 Å². The van der Waals surface area contributed by atoms with Crippen LogP contribution in [-0.2, 0) is 14.4 Å². The van der Waals surface area contributed by atoms with Crippen molar-refractivity contribution >= 4 is 29.5 Å². The van der Waals surface area contributed by atoms with E-state index in [-0.39, 0.29) is 17.2 Å². The van der Waals surface area contributed by atoms with E-state index < -0.39 is 28.3 Å². The Morgan fingerprint density at radius 1 is 1.30 bits per heavy atom. The standard InChI is InChI=1S/C15H23N3O4S/c1-14(2)9(12(20)21)18-10(19)8(11(18)23-14)17-13(22)15(16)6-4-3-5-7-15/h8-9,11H,3-7,16H2,1-2H3,(H,17,22)(H,20,21)/t8-,9+,11+/m1/s1. The van der Waals surface area contributed by atoms with E-state index in [0.29, 0.717) is 12.8 Å². The molecule has 3 aliphatic rings. The fraction of sp³-hybridized carbons (Fsp3) is 0.800. The smallest absolute Gasteiger partial charge is 0.327 e. The first-order valence-corrected chi connectivity index (χ1v) is 8.88. The summed E-state index contributed by atoms with van der Waals surface area (Å²) in [6.45, 7) is 3.62. The Hall–Kier alpha value is -1.28. The SMILES string of the molecule is CC1(C)S[C@H]2[C@H](NC(=O)C3(N)CCCCC3)C(=O)N2[C@H]1C(=O)O. The molecule has 2 amide bonds. The fourth-order valence-corrected chi connectivity index (χ4v) is 5.47. The normalized spacial score (nSPS) is 34.5. The second kappa shape index (κ2) is 5.37. The number of nitrogens with one attached hydrogen (secondary N) is 1. The Kier molecular flexibility index (Phi) is 3.87. The molecule has 128 valence electrons. The van der Waals surface area contributed by atoms with Gasteiger partial charge < -0.3 is 21.1 Å². The molecule has 0 aromatic rings. The Labute approximate surface area is 139 Å². The molecule has 3 atom stereocenters. The van der Waals surface area contributed by atoms with Gasteiger partial charge >= 0.3 is 5.97 Å². The number of carboxylic acid groups (broad SMARTS) is 1. The number of carboxylic acids is 1. The third-order valence-corrected chi connectivity index (χ3v) is 6.73. The van der Waals surface area contributed by atoms with Gasteiger partial charge in [-0.3, -0.25) is 9.59 Å². The Morgan fingerprint density at radius 2 is 1.91 bits per heavy atom. The van der Waals surface area contributed by atoms with E-state index in [9.17, 15) is 19.5 Å². The van der Waals surface area contributed by atoms with Crippen LogP contribution in [-0.4, -0.2) is 55.5 Å². The summed E-state index contributed by atoms with van der Waals surface area (Å²) in [7, 11) is 0. The lowest BCUT2D eigenvalue weighted by molar-refractivity contribution is -0.161. The highest BCUT2D eigenvalue weighted by molar-refractivity contribution is 8.01. The van der Waals surface area contributed by atoms with Gasteiger partial charge in [-0.2, -0.15) is 0 Å². The summed E-state index contributed by atoms with van der Waals surface area (Å²) >= 11 is 1.42. The predicted octanol–water partition coefficient (Wildman–Crippen LogP) is 0.280. The molecule has 2 saturated heterocycles. The zero-order chi connectivity index (χ0) is 17.0. The lowest BCUT2D eigenvalue weighted by atomic mass is 9.81. The first-order chi connectivity index (χ1) is 10.7. The Morgan fingerprint density at radius 3 is 2.48 bits per heavy atom. The molecule has 7 nitrogen and oxygen atoms in total. The number of aliphatic carboxylic acids is 1. The molecule has 3 rings (SSSR count). The third kappa shape index (κ3) is 2.52. The molecule has 0 spiro atoms. The molecular weight excluding hydrogens is 318 g/mol. The summed E-state index contributed by atoms with van der Waals surface area (Å²) in [5, 5.41) is 11.8. The van der Waals surface area contributed by atoms with Gasteiger partial charge in [-0.05, 0) is 26.7 Å². The molecule has 0 aromatic heterocycles. The van der Waals surface area contributed by atoms with Crippen molar-refractivity contribution < 1.29 is 19.5 Å². The summed E-state index contributed by atoms with van der Waals surface area (Å²) in [4.78, 5) is 37.7. The monoisotopic (exact) mass is 341 g/mol. The van der Waals surface area contributed by atoms with E-state index >= 15 is 0 Å². The molecule has 1 saturated carbocycles. The Balaban J connectivity index is 1.71. The number of thioether (sulfide) groups is 1. The highest BCUT2D eigenvalue weighted by atomic mass is 32.2. The summed E-state index contributed by atoms with van der Waals surface area (Å²) < 4.78 is -0.586. The molecule has 0 bridgehead atoms. The van der Waals surface area contributed by atoms with Gasteiger partial charge in [-0.1, -0.05) is 19.3 Å². The van der Waals surface area contributed by atoms with Crippen LogP contribution in [0.25, 0.3) is 0 Å². The minimum atomic E-state index is -1.01.